The van der Waals surface area contributed by atoms with E-state index in [4.69, 9.17) is 0 Å². The molecule has 0 saturated heterocycles. The molecular formula is C17H26. The molecule has 0 heteroatoms. The third-order valence-electron chi connectivity index (χ3n) is 2.44. The Hall–Kier alpha value is -1.30. The molecule has 94 valence electrons. The Morgan fingerprint density at radius 2 is 1.24 bits per heavy atom. The fraction of sp³-hybridized carbons (Fsp3) is 0.412. The summed E-state index contributed by atoms with van der Waals surface area (Å²) in [6, 6.07) is 15.2. The van der Waals surface area contributed by atoms with E-state index in [0.29, 0.717) is 5.92 Å². The van der Waals surface area contributed by atoms with E-state index in [9.17, 15) is 0 Å². The SMILES string of the molecule is CC.CC.CC(C)c1ccc2ccccc2c1. The van der Waals surface area contributed by atoms with Gasteiger partial charge >= 0.3 is 0 Å². The summed E-state index contributed by atoms with van der Waals surface area (Å²) in [5.74, 6) is 0.615. The molecule has 0 fully saturated rings. The Morgan fingerprint density at radius 3 is 1.76 bits per heavy atom. The van der Waals surface area contributed by atoms with Gasteiger partial charge in [-0.05, 0) is 22.3 Å². The van der Waals surface area contributed by atoms with Crippen LogP contribution in [0.4, 0.5) is 0 Å². The number of rotatable bonds is 1. The van der Waals surface area contributed by atoms with Gasteiger partial charge in [0.2, 0.25) is 0 Å². The zero-order chi connectivity index (χ0) is 13.3. The zero-order valence-corrected chi connectivity index (χ0v) is 12.1. The molecule has 0 heterocycles. The predicted octanol–water partition coefficient (Wildman–Crippen LogP) is 6.02. The second-order valence-electron chi connectivity index (χ2n) is 3.76. The zero-order valence-electron chi connectivity index (χ0n) is 12.1. The van der Waals surface area contributed by atoms with E-state index < -0.39 is 0 Å². The molecule has 2 aromatic rings. The molecule has 0 spiro atoms. The van der Waals surface area contributed by atoms with Crippen LogP contribution in [0.5, 0.6) is 0 Å². The minimum Gasteiger partial charge on any atom is -0.0683 e. The van der Waals surface area contributed by atoms with Gasteiger partial charge in [-0.1, -0.05) is 84.0 Å². The first kappa shape index (κ1) is 15.7. The molecule has 2 aromatic carbocycles. The highest BCUT2D eigenvalue weighted by molar-refractivity contribution is 5.83. The van der Waals surface area contributed by atoms with E-state index >= 15 is 0 Å². The first-order valence-electron chi connectivity index (χ1n) is 6.76. The third kappa shape index (κ3) is 4.60. The number of fused-ring (bicyclic) bond motifs is 1. The van der Waals surface area contributed by atoms with Gasteiger partial charge in [-0.25, -0.2) is 0 Å². The van der Waals surface area contributed by atoms with Gasteiger partial charge in [-0.15, -0.1) is 0 Å². The molecule has 0 bridgehead atoms. The largest absolute Gasteiger partial charge is 0.0683 e. The van der Waals surface area contributed by atoms with Crippen molar-refractivity contribution in [1.29, 1.82) is 0 Å². The van der Waals surface area contributed by atoms with Crippen molar-refractivity contribution in [2.45, 2.75) is 47.5 Å². The maximum atomic E-state index is 2.28. The van der Waals surface area contributed by atoms with Crippen LogP contribution in [-0.2, 0) is 0 Å². The normalized spacial score (nSPS) is 9.12. The molecule has 0 unspecified atom stereocenters. The third-order valence-corrected chi connectivity index (χ3v) is 2.44. The van der Waals surface area contributed by atoms with Crippen LogP contribution in [0.3, 0.4) is 0 Å². The van der Waals surface area contributed by atoms with Crippen molar-refractivity contribution in [1.82, 2.24) is 0 Å². The molecule has 0 amide bonds. The summed E-state index contributed by atoms with van der Waals surface area (Å²) < 4.78 is 0. The maximum absolute atomic E-state index is 2.28. The summed E-state index contributed by atoms with van der Waals surface area (Å²) in [5, 5.41) is 2.67. The molecule has 0 aromatic heterocycles. The lowest BCUT2D eigenvalue weighted by molar-refractivity contribution is 0.869. The van der Waals surface area contributed by atoms with Gasteiger partial charge in [0, 0.05) is 0 Å². The van der Waals surface area contributed by atoms with Crippen molar-refractivity contribution in [3.05, 3.63) is 48.0 Å². The second kappa shape index (κ2) is 8.81. The van der Waals surface area contributed by atoms with Gasteiger partial charge < -0.3 is 0 Å². The van der Waals surface area contributed by atoms with Gasteiger partial charge in [0.1, 0.15) is 0 Å². The second-order valence-corrected chi connectivity index (χ2v) is 3.76. The van der Waals surface area contributed by atoms with Crippen LogP contribution in [0.15, 0.2) is 42.5 Å². The van der Waals surface area contributed by atoms with Crippen LogP contribution in [0.25, 0.3) is 10.8 Å². The lowest BCUT2D eigenvalue weighted by Crippen LogP contribution is -1.85. The first-order chi connectivity index (χ1) is 8.27. The van der Waals surface area contributed by atoms with Gasteiger partial charge in [0.05, 0.1) is 0 Å². The highest BCUT2D eigenvalue weighted by atomic mass is 14.0. The molecule has 0 aliphatic carbocycles. The Balaban J connectivity index is 0.000000581. The average Bonchev–Trinajstić information content (AvgIpc) is 2.42. The minimum atomic E-state index is 0.615. The summed E-state index contributed by atoms with van der Waals surface area (Å²) in [6.45, 7) is 12.5. The summed E-state index contributed by atoms with van der Waals surface area (Å²) in [7, 11) is 0. The fourth-order valence-corrected chi connectivity index (χ4v) is 1.57. The van der Waals surface area contributed by atoms with Crippen LogP contribution in [0, 0.1) is 0 Å². The van der Waals surface area contributed by atoms with Gasteiger partial charge in [0.15, 0.2) is 0 Å². The topological polar surface area (TPSA) is 0 Å². The number of benzene rings is 2. The molecule has 0 nitrogen and oxygen atoms in total. The Morgan fingerprint density at radius 1 is 0.706 bits per heavy atom. The summed E-state index contributed by atoms with van der Waals surface area (Å²) in [4.78, 5) is 0. The molecule has 17 heavy (non-hydrogen) atoms. The van der Waals surface area contributed by atoms with E-state index in [0.717, 1.165) is 0 Å². The van der Waals surface area contributed by atoms with Crippen LogP contribution in [0.1, 0.15) is 53.0 Å². The van der Waals surface area contributed by atoms with E-state index in [1.54, 1.807) is 0 Å². The summed E-state index contributed by atoms with van der Waals surface area (Å²) in [5.41, 5.74) is 1.42. The van der Waals surface area contributed by atoms with Crippen LogP contribution < -0.4 is 0 Å². The summed E-state index contributed by atoms with van der Waals surface area (Å²) in [6.07, 6.45) is 0. The van der Waals surface area contributed by atoms with E-state index in [1.807, 2.05) is 27.7 Å². The van der Waals surface area contributed by atoms with Crippen molar-refractivity contribution in [2.75, 3.05) is 0 Å². The molecule has 0 aliphatic heterocycles. The van der Waals surface area contributed by atoms with Crippen molar-refractivity contribution in [3.63, 3.8) is 0 Å². The Labute approximate surface area is 107 Å². The maximum Gasteiger partial charge on any atom is -0.0181 e. The molecule has 0 N–H and O–H groups in total. The fourth-order valence-electron chi connectivity index (χ4n) is 1.57. The van der Waals surface area contributed by atoms with Crippen molar-refractivity contribution in [2.24, 2.45) is 0 Å². The lowest BCUT2D eigenvalue weighted by Gasteiger charge is -2.06. The van der Waals surface area contributed by atoms with Crippen molar-refractivity contribution in [3.8, 4) is 0 Å². The lowest BCUT2D eigenvalue weighted by atomic mass is 9.99. The predicted molar refractivity (Wildman–Crippen MR) is 80.7 cm³/mol. The standard InChI is InChI=1S/C13H14.2C2H6/c1-10(2)12-8-7-11-5-3-4-6-13(11)9-12;2*1-2/h3-10H,1-2H3;2*1-2H3. The molecule has 0 saturated carbocycles. The molecule has 0 atom stereocenters. The van der Waals surface area contributed by atoms with E-state index in [1.165, 1.54) is 16.3 Å². The Kier molecular flexibility index (Phi) is 8.13. The highest BCUT2D eigenvalue weighted by Crippen LogP contribution is 2.20. The summed E-state index contributed by atoms with van der Waals surface area (Å²) >= 11 is 0. The monoisotopic (exact) mass is 230 g/mol. The Bertz CT molecular complexity index is 413. The molecule has 0 radical (unpaired) electrons. The minimum absolute atomic E-state index is 0.615. The molecule has 2 rings (SSSR count). The van der Waals surface area contributed by atoms with Crippen LogP contribution in [-0.4, -0.2) is 0 Å². The first-order valence-corrected chi connectivity index (χ1v) is 6.76. The van der Waals surface area contributed by atoms with Crippen molar-refractivity contribution >= 4 is 10.8 Å². The van der Waals surface area contributed by atoms with E-state index in [2.05, 4.69) is 56.3 Å². The average molecular weight is 230 g/mol. The van der Waals surface area contributed by atoms with Crippen LogP contribution >= 0.6 is 0 Å². The van der Waals surface area contributed by atoms with Crippen LogP contribution in [0.2, 0.25) is 0 Å². The smallest absolute Gasteiger partial charge is 0.0181 e. The molecule has 0 aliphatic rings. The quantitative estimate of drug-likeness (QED) is 0.562. The molecular weight excluding hydrogens is 204 g/mol. The van der Waals surface area contributed by atoms with Gasteiger partial charge in [-0.2, -0.15) is 0 Å². The number of hydrogen-bond acceptors (Lipinski definition) is 0. The van der Waals surface area contributed by atoms with Crippen molar-refractivity contribution < 1.29 is 0 Å². The van der Waals surface area contributed by atoms with Gasteiger partial charge in [0.25, 0.3) is 0 Å². The number of hydrogen-bond donors (Lipinski definition) is 0. The van der Waals surface area contributed by atoms with Gasteiger partial charge in [-0.3, -0.25) is 0 Å². The van der Waals surface area contributed by atoms with E-state index in [-0.39, 0.29) is 0 Å². The highest BCUT2D eigenvalue weighted by Gasteiger charge is 1.99.